The molecule has 1 aromatic carbocycles. The van der Waals surface area contributed by atoms with Gasteiger partial charge in [-0.3, -0.25) is 0 Å². The molecule has 4 heteroatoms. The Kier molecular flexibility index (Phi) is 4.37. The van der Waals surface area contributed by atoms with Crippen molar-refractivity contribution in [1.82, 2.24) is 0 Å². The van der Waals surface area contributed by atoms with Crippen LogP contribution in [0.2, 0.25) is 0 Å². The first kappa shape index (κ1) is 11.8. The summed E-state index contributed by atoms with van der Waals surface area (Å²) in [6.45, 7) is 2.01. The minimum absolute atomic E-state index is 0.0693. The van der Waals surface area contributed by atoms with E-state index in [9.17, 15) is 9.90 Å². The number of esters is 1. The molecule has 0 saturated heterocycles. The van der Waals surface area contributed by atoms with Crippen molar-refractivity contribution >= 4 is 28.0 Å². The van der Waals surface area contributed by atoms with Crippen LogP contribution in [0.4, 0.5) is 0 Å². The summed E-state index contributed by atoms with van der Waals surface area (Å²) in [5, 5.41) is 9.46. The number of phenolic OH excluding ortho intramolecular Hbond substituents is 1. The highest BCUT2D eigenvalue weighted by Crippen LogP contribution is 2.20. The van der Waals surface area contributed by atoms with Gasteiger partial charge in [0.05, 0.1) is 6.61 Å². The molecule has 0 saturated carbocycles. The fourth-order valence-corrected chi connectivity index (χ4v) is 1.41. The SMILES string of the molecule is CCOC(=O)c1cc(C=CBr)ccc1O. The summed E-state index contributed by atoms with van der Waals surface area (Å²) < 4.78 is 4.81. The molecular formula is C11H11BrO3. The summed E-state index contributed by atoms with van der Waals surface area (Å²) >= 11 is 3.14. The first-order chi connectivity index (χ1) is 7.19. The molecule has 0 aliphatic carbocycles. The molecule has 0 aliphatic heterocycles. The van der Waals surface area contributed by atoms with Crippen molar-refractivity contribution in [3.8, 4) is 5.75 Å². The summed E-state index contributed by atoms with van der Waals surface area (Å²) in [6.07, 6.45) is 1.77. The van der Waals surface area contributed by atoms with Gasteiger partial charge < -0.3 is 9.84 Å². The highest BCUT2D eigenvalue weighted by atomic mass is 79.9. The van der Waals surface area contributed by atoms with E-state index in [0.29, 0.717) is 0 Å². The van der Waals surface area contributed by atoms with Gasteiger partial charge >= 0.3 is 5.97 Å². The highest BCUT2D eigenvalue weighted by Gasteiger charge is 2.11. The second-order valence-electron chi connectivity index (χ2n) is 2.79. The number of ether oxygens (including phenoxy) is 1. The summed E-state index contributed by atoms with van der Waals surface area (Å²) in [4.78, 5) is 13.1. The smallest absolute Gasteiger partial charge is 0.341 e. The molecule has 0 radical (unpaired) electrons. The summed E-state index contributed by atoms with van der Waals surface area (Å²) in [5.74, 6) is -0.583. The van der Waals surface area contributed by atoms with Crippen LogP contribution in [0.3, 0.4) is 0 Å². The predicted octanol–water partition coefficient (Wildman–Crippen LogP) is 2.93. The van der Waals surface area contributed by atoms with Crippen LogP contribution in [-0.4, -0.2) is 17.7 Å². The van der Waals surface area contributed by atoms with Crippen molar-refractivity contribution in [3.63, 3.8) is 0 Å². The molecule has 1 aromatic rings. The molecular weight excluding hydrogens is 260 g/mol. The average Bonchev–Trinajstić information content (AvgIpc) is 2.21. The number of carbonyl (C=O) groups excluding carboxylic acids is 1. The van der Waals surface area contributed by atoms with Gasteiger partial charge in [0.1, 0.15) is 11.3 Å². The quantitative estimate of drug-likeness (QED) is 0.860. The van der Waals surface area contributed by atoms with E-state index in [1.165, 1.54) is 6.07 Å². The van der Waals surface area contributed by atoms with Crippen molar-refractivity contribution in [2.75, 3.05) is 6.61 Å². The van der Waals surface area contributed by atoms with E-state index < -0.39 is 5.97 Å². The van der Waals surface area contributed by atoms with Gasteiger partial charge in [0.25, 0.3) is 0 Å². The maximum absolute atomic E-state index is 11.4. The number of rotatable bonds is 3. The molecule has 0 spiro atoms. The molecule has 0 atom stereocenters. The van der Waals surface area contributed by atoms with E-state index in [-0.39, 0.29) is 17.9 Å². The van der Waals surface area contributed by atoms with Crippen LogP contribution in [0.15, 0.2) is 23.2 Å². The Morgan fingerprint density at radius 2 is 2.33 bits per heavy atom. The zero-order valence-corrected chi connectivity index (χ0v) is 9.82. The fraction of sp³-hybridized carbons (Fsp3) is 0.182. The van der Waals surface area contributed by atoms with E-state index in [1.807, 2.05) is 0 Å². The van der Waals surface area contributed by atoms with Gasteiger partial charge in [-0.15, -0.1) is 0 Å². The van der Waals surface area contributed by atoms with Crippen LogP contribution in [-0.2, 0) is 4.74 Å². The van der Waals surface area contributed by atoms with E-state index in [0.717, 1.165) is 5.56 Å². The van der Waals surface area contributed by atoms with Crippen LogP contribution in [0, 0.1) is 0 Å². The molecule has 1 N–H and O–H groups in total. The van der Waals surface area contributed by atoms with Crippen LogP contribution >= 0.6 is 15.9 Å². The van der Waals surface area contributed by atoms with E-state index >= 15 is 0 Å². The molecule has 80 valence electrons. The molecule has 3 nitrogen and oxygen atoms in total. The predicted molar refractivity (Wildman–Crippen MR) is 62.0 cm³/mol. The van der Waals surface area contributed by atoms with Crippen LogP contribution in [0.25, 0.3) is 6.08 Å². The summed E-state index contributed by atoms with van der Waals surface area (Å²) in [6, 6.07) is 4.75. The zero-order valence-electron chi connectivity index (χ0n) is 8.24. The Balaban J connectivity index is 3.04. The van der Waals surface area contributed by atoms with Gasteiger partial charge in [-0.25, -0.2) is 4.79 Å². The lowest BCUT2D eigenvalue weighted by molar-refractivity contribution is 0.0523. The topological polar surface area (TPSA) is 46.5 Å². The molecule has 0 bridgehead atoms. The zero-order chi connectivity index (χ0) is 11.3. The third-order valence-electron chi connectivity index (χ3n) is 1.77. The number of phenols is 1. The standard InChI is InChI=1S/C11H11BrO3/c1-2-15-11(14)9-7-8(5-6-12)3-4-10(9)13/h3-7,13H,2H2,1H3. The number of hydrogen-bond donors (Lipinski definition) is 1. The molecule has 0 amide bonds. The monoisotopic (exact) mass is 270 g/mol. The third-order valence-corrected chi connectivity index (χ3v) is 2.04. The molecule has 0 aliphatic rings. The summed E-state index contributed by atoms with van der Waals surface area (Å²) in [5.41, 5.74) is 0.993. The Morgan fingerprint density at radius 3 is 2.93 bits per heavy atom. The van der Waals surface area contributed by atoms with Gasteiger partial charge in [-0.05, 0) is 35.7 Å². The fourth-order valence-electron chi connectivity index (χ4n) is 1.10. The Bertz CT molecular complexity index is 385. The summed E-state index contributed by atoms with van der Waals surface area (Å²) in [7, 11) is 0. The number of halogens is 1. The Labute approximate surface area is 96.5 Å². The number of carbonyl (C=O) groups is 1. The van der Waals surface area contributed by atoms with Gasteiger partial charge in [0.2, 0.25) is 0 Å². The number of benzene rings is 1. The number of aromatic hydroxyl groups is 1. The Morgan fingerprint density at radius 1 is 1.60 bits per heavy atom. The van der Waals surface area contributed by atoms with Gasteiger partial charge in [0, 0.05) is 0 Å². The molecule has 15 heavy (non-hydrogen) atoms. The molecule has 0 heterocycles. The second-order valence-corrected chi connectivity index (χ2v) is 3.32. The highest BCUT2D eigenvalue weighted by molar-refractivity contribution is 9.11. The largest absolute Gasteiger partial charge is 0.507 e. The molecule has 0 fully saturated rings. The molecule has 0 aromatic heterocycles. The Hall–Kier alpha value is -1.29. The van der Waals surface area contributed by atoms with Gasteiger partial charge in [0.15, 0.2) is 0 Å². The minimum atomic E-state index is -0.514. The van der Waals surface area contributed by atoms with E-state index in [2.05, 4.69) is 15.9 Å². The van der Waals surface area contributed by atoms with Crippen molar-refractivity contribution in [3.05, 3.63) is 34.3 Å². The minimum Gasteiger partial charge on any atom is -0.507 e. The normalized spacial score (nSPS) is 10.5. The molecule has 1 rings (SSSR count). The van der Waals surface area contributed by atoms with E-state index in [1.54, 1.807) is 30.1 Å². The first-order valence-electron chi connectivity index (χ1n) is 4.46. The maximum Gasteiger partial charge on any atom is 0.341 e. The maximum atomic E-state index is 11.4. The lowest BCUT2D eigenvalue weighted by Crippen LogP contribution is -2.05. The van der Waals surface area contributed by atoms with Crippen molar-refractivity contribution in [1.29, 1.82) is 0 Å². The van der Waals surface area contributed by atoms with Crippen molar-refractivity contribution in [2.45, 2.75) is 6.92 Å². The lowest BCUT2D eigenvalue weighted by atomic mass is 10.1. The molecule has 0 unspecified atom stereocenters. The van der Waals surface area contributed by atoms with Crippen molar-refractivity contribution in [2.24, 2.45) is 0 Å². The number of hydrogen-bond acceptors (Lipinski definition) is 3. The van der Waals surface area contributed by atoms with Crippen molar-refractivity contribution < 1.29 is 14.6 Å². The van der Waals surface area contributed by atoms with E-state index in [4.69, 9.17) is 4.74 Å². The third kappa shape index (κ3) is 3.09. The van der Waals surface area contributed by atoms with Crippen LogP contribution in [0.1, 0.15) is 22.8 Å². The lowest BCUT2D eigenvalue weighted by Gasteiger charge is -2.04. The second kappa shape index (κ2) is 5.56. The first-order valence-corrected chi connectivity index (χ1v) is 5.37. The van der Waals surface area contributed by atoms with Gasteiger partial charge in [-0.1, -0.05) is 22.0 Å². The average molecular weight is 271 g/mol. The van der Waals surface area contributed by atoms with Crippen LogP contribution in [0.5, 0.6) is 5.75 Å². The van der Waals surface area contributed by atoms with Crippen LogP contribution < -0.4 is 0 Å². The van der Waals surface area contributed by atoms with Gasteiger partial charge in [-0.2, -0.15) is 0 Å².